The van der Waals surface area contributed by atoms with Crippen LogP contribution in [0.4, 0.5) is 0 Å². The molecule has 0 saturated heterocycles. The van der Waals surface area contributed by atoms with Crippen molar-refractivity contribution in [2.45, 2.75) is 167 Å². The summed E-state index contributed by atoms with van der Waals surface area (Å²) in [5, 5.41) is 9.96. The zero-order chi connectivity index (χ0) is 38.4. The Labute approximate surface area is 315 Å². The molecule has 0 fully saturated rings. The van der Waals surface area contributed by atoms with Gasteiger partial charge in [-0.25, -0.2) is 4.57 Å². The van der Waals surface area contributed by atoms with E-state index in [4.69, 9.17) is 19.3 Å². The van der Waals surface area contributed by atoms with Crippen molar-refractivity contribution in [1.29, 1.82) is 0 Å². The van der Waals surface area contributed by atoms with Crippen LogP contribution in [-0.4, -0.2) is 52.3 Å². The Bertz CT molecular complexity index is 1090. The number of phosphoric acid groups is 1. The third kappa shape index (κ3) is 38.7. The standard InChI is InChI=1S/C42H71O9P/c1-3-5-7-9-11-12-13-14-15-16-20-23-27-31-35-41(44)49-37-40(38-50-52(46,47)48)51-42(45)36-32-28-24-21-18-17-19-22-26-30-34-39(43)33-29-25-10-8-6-4-2/h6,8,17-18,22,24-26,28-30,34,39-40,43H,3-5,7,9-16,19-21,23,27,31-33,35-38H2,1-2H3,(H2,46,47,48)/b8-6-,18-17-,26-22-,28-24-,29-25-,34-30+/t39?,40-/m1/s1. The van der Waals surface area contributed by atoms with Gasteiger partial charge in [0.1, 0.15) is 6.61 Å². The summed E-state index contributed by atoms with van der Waals surface area (Å²) in [4.78, 5) is 42.7. The minimum atomic E-state index is -4.79. The van der Waals surface area contributed by atoms with Crippen LogP contribution in [0.25, 0.3) is 0 Å². The van der Waals surface area contributed by atoms with E-state index in [0.29, 0.717) is 25.7 Å². The predicted octanol–water partition coefficient (Wildman–Crippen LogP) is 10.9. The number of aliphatic hydroxyl groups excluding tert-OH is 1. The van der Waals surface area contributed by atoms with E-state index < -0.39 is 38.6 Å². The third-order valence-corrected chi connectivity index (χ3v) is 8.57. The van der Waals surface area contributed by atoms with E-state index in [9.17, 15) is 19.3 Å². The molecule has 0 aromatic rings. The lowest BCUT2D eigenvalue weighted by atomic mass is 10.0. The van der Waals surface area contributed by atoms with Gasteiger partial charge in [-0.3, -0.25) is 14.1 Å². The zero-order valence-electron chi connectivity index (χ0n) is 32.3. The maximum atomic E-state index is 12.3. The van der Waals surface area contributed by atoms with E-state index >= 15 is 0 Å². The van der Waals surface area contributed by atoms with Gasteiger partial charge in [0.15, 0.2) is 6.10 Å². The van der Waals surface area contributed by atoms with Crippen molar-refractivity contribution in [3.63, 3.8) is 0 Å². The van der Waals surface area contributed by atoms with E-state index in [2.05, 4.69) is 36.6 Å². The normalized spacial score (nSPS) is 13.9. The van der Waals surface area contributed by atoms with Crippen LogP contribution < -0.4 is 0 Å². The SMILES string of the molecule is CC/C=C\C/C=C\CC(O)/C=C/C=C\C/C=C\C/C=C\CCC(=O)O[C@H](COC(=O)CCCCCCCCCCCCCCCC)COP(=O)(O)O. The number of aliphatic hydroxyl groups is 1. The average molecular weight is 751 g/mol. The summed E-state index contributed by atoms with van der Waals surface area (Å²) in [6.45, 7) is 3.43. The quantitative estimate of drug-likeness (QED) is 0.0190. The first-order valence-corrected chi connectivity index (χ1v) is 21.4. The molecule has 0 rings (SSSR count). The van der Waals surface area contributed by atoms with Crippen molar-refractivity contribution in [2.24, 2.45) is 0 Å². The highest BCUT2D eigenvalue weighted by Gasteiger charge is 2.22. The van der Waals surface area contributed by atoms with Crippen LogP contribution in [-0.2, 0) is 28.2 Å². The van der Waals surface area contributed by atoms with Gasteiger partial charge >= 0.3 is 19.8 Å². The van der Waals surface area contributed by atoms with Gasteiger partial charge in [0.25, 0.3) is 0 Å². The molecule has 2 atom stereocenters. The van der Waals surface area contributed by atoms with E-state index in [-0.39, 0.29) is 19.4 Å². The first-order chi connectivity index (χ1) is 25.2. The Kier molecular flexibility index (Phi) is 35.0. The van der Waals surface area contributed by atoms with E-state index in [0.717, 1.165) is 38.5 Å². The molecule has 0 heterocycles. The summed E-state index contributed by atoms with van der Waals surface area (Å²) in [7, 11) is -4.79. The largest absolute Gasteiger partial charge is 0.469 e. The van der Waals surface area contributed by atoms with Gasteiger partial charge in [0.2, 0.25) is 0 Å². The van der Waals surface area contributed by atoms with Crippen molar-refractivity contribution < 1.29 is 43.0 Å². The number of rotatable bonds is 35. The molecule has 298 valence electrons. The average Bonchev–Trinajstić information content (AvgIpc) is 3.11. The number of carbonyl (C=O) groups is 2. The van der Waals surface area contributed by atoms with Gasteiger partial charge in [0.05, 0.1) is 12.7 Å². The van der Waals surface area contributed by atoms with Crippen LogP contribution >= 0.6 is 7.82 Å². The number of esters is 2. The number of unbranched alkanes of at least 4 members (excludes halogenated alkanes) is 13. The van der Waals surface area contributed by atoms with E-state index in [1.54, 1.807) is 6.08 Å². The van der Waals surface area contributed by atoms with Crippen LogP contribution in [0.1, 0.15) is 155 Å². The third-order valence-electron chi connectivity index (χ3n) is 8.08. The van der Waals surface area contributed by atoms with Gasteiger partial charge in [0, 0.05) is 12.8 Å². The second-order valence-electron chi connectivity index (χ2n) is 13.1. The second kappa shape index (κ2) is 36.8. The molecule has 0 amide bonds. The van der Waals surface area contributed by atoms with Crippen molar-refractivity contribution in [3.05, 3.63) is 72.9 Å². The van der Waals surface area contributed by atoms with Crippen molar-refractivity contribution in [1.82, 2.24) is 0 Å². The fraction of sp³-hybridized carbons (Fsp3) is 0.667. The molecule has 0 aromatic carbocycles. The maximum absolute atomic E-state index is 12.3. The number of carbonyl (C=O) groups excluding carboxylic acids is 2. The number of hydrogen-bond donors (Lipinski definition) is 3. The summed E-state index contributed by atoms with van der Waals surface area (Å²) in [5.41, 5.74) is 0. The predicted molar refractivity (Wildman–Crippen MR) is 213 cm³/mol. The monoisotopic (exact) mass is 750 g/mol. The van der Waals surface area contributed by atoms with Gasteiger partial charge < -0.3 is 24.4 Å². The van der Waals surface area contributed by atoms with Crippen molar-refractivity contribution in [3.8, 4) is 0 Å². The van der Waals surface area contributed by atoms with Crippen LogP contribution in [0.15, 0.2) is 72.9 Å². The summed E-state index contributed by atoms with van der Waals surface area (Å²) in [5.74, 6) is -1.02. The Morgan fingerprint density at radius 2 is 1.15 bits per heavy atom. The molecule has 9 nitrogen and oxygen atoms in total. The fourth-order valence-corrected chi connectivity index (χ4v) is 5.49. The molecule has 0 saturated carbocycles. The van der Waals surface area contributed by atoms with Gasteiger partial charge in [-0.15, -0.1) is 0 Å². The molecular formula is C42H71O9P. The summed E-state index contributed by atoms with van der Waals surface area (Å²) >= 11 is 0. The minimum absolute atomic E-state index is 0.0617. The molecule has 0 aliphatic rings. The lowest BCUT2D eigenvalue weighted by Gasteiger charge is -2.18. The summed E-state index contributed by atoms with van der Waals surface area (Å²) in [6, 6.07) is 0. The number of phosphoric ester groups is 1. The molecule has 0 bridgehead atoms. The van der Waals surface area contributed by atoms with Crippen LogP contribution in [0, 0.1) is 0 Å². The van der Waals surface area contributed by atoms with Gasteiger partial charge in [-0.05, 0) is 44.9 Å². The van der Waals surface area contributed by atoms with Crippen molar-refractivity contribution >= 4 is 19.8 Å². The zero-order valence-corrected chi connectivity index (χ0v) is 33.2. The Hall–Kier alpha value is -2.55. The lowest BCUT2D eigenvalue weighted by molar-refractivity contribution is -0.161. The maximum Gasteiger partial charge on any atom is 0.469 e. The highest BCUT2D eigenvalue weighted by Crippen LogP contribution is 2.36. The Balaban J connectivity index is 4.16. The first-order valence-electron chi connectivity index (χ1n) is 19.8. The van der Waals surface area contributed by atoms with Gasteiger partial charge in [-0.1, -0.05) is 170 Å². The topological polar surface area (TPSA) is 140 Å². The minimum Gasteiger partial charge on any atom is -0.462 e. The highest BCUT2D eigenvalue weighted by molar-refractivity contribution is 7.46. The van der Waals surface area contributed by atoms with E-state index in [1.807, 2.05) is 48.6 Å². The van der Waals surface area contributed by atoms with Crippen LogP contribution in [0.2, 0.25) is 0 Å². The lowest BCUT2D eigenvalue weighted by Crippen LogP contribution is -2.29. The molecule has 3 N–H and O–H groups in total. The molecule has 1 unspecified atom stereocenters. The van der Waals surface area contributed by atoms with E-state index in [1.165, 1.54) is 64.2 Å². The Morgan fingerprint density at radius 1 is 0.615 bits per heavy atom. The second-order valence-corrected chi connectivity index (χ2v) is 14.3. The molecule has 0 aromatic heterocycles. The number of allylic oxidation sites excluding steroid dienone is 10. The fourth-order valence-electron chi connectivity index (χ4n) is 5.13. The van der Waals surface area contributed by atoms with Crippen molar-refractivity contribution in [2.75, 3.05) is 13.2 Å². The molecule has 0 aliphatic heterocycles. The highest BCUT2D eigenvalue weighted by atomic mass is 31.2. The Morgan fingerprint density at radius 3 is 1.75 bits per heavy atom. The van der Waals surface area contributed by atoms with Crippen LogP contribution in [0.3, 0.4) is 0 Å². The molecule has 10 heteroatoms. The summed E-state index contributed by atoms with van der Waals surface area (Å²) in [6.07, 6.45) is 43.8. The van der Waals surface area contributed by atoms with Gasteiger partial charge in [-0.2, -0.15) is 0 Å². The molecule has 0 spiro atoms. The molecular weight excluding hydrogens is 679 g/mol. The molecule has 52 heavy (non-hydrogen) atoms. The molecule has 0 radical (unpaired) electrons. The molecule has 0 aliphatic carbocycles. The number of ether oxygens (including phenoxy) is 2. The smallest absolute Gasteiger partial charge is 0.462 e. The van der Waals surface area contributed by atoms with Crippen LogP contribution in [0.5, 0.6) is 0 Å². The first kappa shape index (κ1) is 49.5. The summed E-state index contributed by atoms with van der Waals surface area (Å²) < 4.78 is 26.2. The number of hydrogen-bond acceptors (Lipinski definition) is 7.